The normalized spacial score (nSPS) is 10.7. The summed E-state index contributed by atoms with van der Waals surface area (Å²) in [5.74, 6) is 0.574. The third-order valence-corrected chi connectivity index (χ3v) is 3.12. The molecule has 0 amide bonds. The zero-order valence-electron chi connectivity index (χ0n) is 9.34. The van der Waals surface area contributed by atoms with Crippen molar-refractivity contribution < 1.29 is 0 Å². The second-order valence-electron chi connectivity index (χ2n) is 3.78. The van der Waals surface area contributed by atoms with E-state index in [0.717, 1.165) is 33.8 Å². The number of nitrogens with zero attached hydrogens (tertiary/aromatic N) is 1. The lowest BCUT2D eigenvalue weighted by molar-refractivity contribution is 1.10. The van der Waals surface area contributed by atoms with Crippen molar-refractivity contribution in [1.82, 2.24) is 10.2 Å². The highest BCUT2D eigenvalue weighted by Gasteiger charge is 2.11. The monoisotopic (exact) mass is 235 g/mol. The first-order valence-electron chi connectivity index (χ1n) is 5.22. The Labute approximate surface area is 99.6 Å². The average molecular weight is 236 g/mol. The number of aryl methyl sites for hydroxylation is 1. The molecule has 84 valence electrons. The van der Waals surface area contributed by atoms with Crippen molar-refractivity contribution in [3.05, 3.63) is 34.3 Å². The van der Waals surface area contributed by atoms with Gasteiger partial charge in [0.1, 0.15) is 5.82 Å². The van der Waals surface area contributed by atoms with Gasteiger partial charge in [0.05, 0.1) is 5.69 Å². The minimum Gasteiger partial charge on any atom is -0.382 e. The molecule has 0 unspecified atom stereocenters. The number of halogens is 1. The maximum atomic E-state index is 6.00. The number of H-pyrrole nitrogens is 1. The highest BCUT2D eigenvalue weighted by Crippen LogP contribution is 2.28. The second-order valence-corrected chi connectivity index (χ2v) is 4.19. The number of hydrogen-bond acceptors (Lipinski definition) is 2. The van der Waals surface area contributed by atoms with Crippen LogP contribution in [0.4, 0.5) is 5.82 Å². The molecule has 0 spiro atoms. The first kappa shape index (κ1) is 11.0. The highest BCUT2D eigenvalue weighted by atomic mass is 35.5. The Morgan fingerprint density at radius 1 is 1.44 bits per heavy atom. The topological polar surface area (TPSA) is 54.7 Å². The molecule has 3 nitrogen and oxygen atoms in total. The van der Waals surface area contributed by atoms with Crippen LogP contribution in [0.25, 0.3) is 11.3 Å². The van der Waals surface area contributed by atoms with Crippen molar-refractivity contribution >= 4 is 17.4 Å². The van der Waals surface area contributed by atoms with Gasteiger partial charge in [-0.25, -0.2) is 0 Å². The summed E-state index contributed by atoms with van der Waals surface area (Å²) in [5.41, 5.74) is 9.95. The molecule has 0 aliphatic rings. The van der Waals surface area contributed by atoms with Crippen molar-refractivity contribution in [3.63, 3.8) is 0 Å². The van der Waals surface area contributed by atoms with Crippen LogP contribution in [0.2, 0.25) is 5.02 Å². The number of aromatic nitrogens is 2. The third kappa shape index (κ3) is 1.78. The summed E-state index contributed by atoms with van der Waals surface area (Å²) in [7, 11) is 0. The van der Waals surface area contributed by atoms with Gasteiger partial charge in [-0.15, -0.1) is 0 Å². The predicted octanol–water partition coefficient (Wildman–Crippen LogP) is 3.18. The van der Waals surface area contributed by atoms with E-state index >= 15 is 0 Å². The van der Waals surface area contributed by atoms with Crippen LogP contribution in [0.15, 0.2) is 18.2 Å². The average Bonchev–Trinajstić information content (AvgIpc) is 2.63. The summed E-state index contributed by atoms with van der Waals surface area (Å²) in [5, 5.41) is 7.78. The molecule has 1 heterocycles. The summed E-state index contributed by atoms with van der Waals surface area (Å²) < 4.78 is 0. The van der Waals surface area contributed by atoms with Gasteiger partial charge in [-0.05, 0) is 31.0 Å². The number of nitrogens with two attached hydrogens (primary N) is 1. The van der Waals surface area contributed by atoms with Crippen molar-refractivity contribution in [2.45, 2.75) is 20.3 Å². The van der Waals surface area contributed by atoms with Crippen molar-refractivity contribution in [1.29, 1.82) is 0 Å². The lowest BCUT2D eigenvalue weighted by Gasteiger charge is -2.04. The Hall–Kier alpha value is -1.48. The SMILES string of the molecule is CCc1c(N)n[nH]c1-c1ccc(Cl)c(C)c1. The van der Waals surface area contributed by atoms with Crippen LogP contribution in [0, 0.1) is 6.92 Å². The number of hydrogen-bond donors (Lipinski definition) is 2. The van der Waals surface area contributed by atoms with Crippen molar-refractivity contribution in [3.8, 4) is 11.3 Å². The highest BCUT2D eigenvalue weighted by molar-refractivity contribution is 6.31. The van der Waals surface area contributed by atoms with Gasteiger partial charge in [-0.1, -0.05) is 24.6 Å². The van der Waals surface area contributed by atoms with Crippen LogP contribution >= 0.6 is 11.6 Å². The molecular weight excluding hydrogens is 222 g/mol. The smallest absolute Gasteiger partial charge is 0.149 e. The summed E-state index contributed by atoms with van der Waals surface area (Å²) in [4.78, 5) is 0. The fourth-order valence-corrected chi connectivity index (χ4v) is 1.89. The van der Waals surface area contributed by atoms with Gasteiger partial charge in [0, 0.05) is 16.1 Å². The molecule has 0 saturated carbocycles. The van der Waals surface area contributed by atoms with Crippen molar-refractivity contribution in [2.75, 3.05) is 5.73 Å². The van der Waals surface area contributed by atoms with Crippen LogP contribution in [-0.2, 0) is 6.42 Å². The minimum atomic E-state index is 0.574. The maximum Gasteiger partial charge on any atom is 0.149 e. The molecule has 0 saturated heterocycles. The fourth-order valence-electron chi connectivity index (χ4n) is 1.78. The third-order valence-electron chi connectivity index (χ3n) is 2.70. The molecule has 0 radical (unpaired) electrons. The molecule has 0 aliphatic carbocycles. The lowest BCUT2D eigenvalue weighted by Crippen LogP contribution is -1.91. The van der Waals surface area contributed by atoms with Gasteiger partial charge >= 0.3 is 0 Å². The number of anilines is 1. The van der Waals surface area contributed by atoms with E-state index in [1.54, 1.807) is 0 Å². The predicted molar refractivity (Wildman–Crippen MR) is 67.6 cm³/mol. The molecule has 2 rings (SSSR count). The van der Waals surface area contributed by atoms with Crippen LogP contribution in [0.5, 0.6) is 0 Å². The van der Waals surface area contributed by atoms with Gasteiger partial charge in [-0.3, -0.25) is 5.10 Å². The molecule has 0 atom stereocenters. The molecule has 1 aromatic carbocycles. The molecule has 0 aliphatic heterocycles. The Kier molecular flexibility index (Phi) is 2.88. The lowest BCUT2D eigenvalue weighted by atomic mass is 10.0. The standard InChI is InChI=1S/C12H14ClN3/c1-3-9-11(15-16-12(9)14)8-4-5-10(13)7(2)6-8/h4-6H,3H2,1-2H3,(H3,14,15,16). The summed E-state index contributed by atoms with van der Waals surface area (Å²) >= 11 is 6.00. The van der Waals surface area contributed by atoms with Crippen LogP contribution in [-0.4, -0.2) is 10.2 Å². The van der Waals surface area contributed by atoms with Crippen LogP contribution in [0.3, 0.4) is 0 Å². The van der Waals surface area contributed by atoms with E-state index in [-0.39, 0.29) is 0 Å². The minimum absolute atomic E-state index is 0.574. The van der Waals surface area contributed by atoms with Gasteiger partial charge in [0.2, 0.25) is 0 Å². The zero-order valence-corrected chi connectivity index (χ0v) is 10.1. The number of rotatable bonds is 2. The molecule has 0 bridgehead atoms. The van der Waals surface area contributed by atoms with Gasteiger partial charge in [0.25, 0.3) is 0 Å². The number of aromatic amines is 1. The fraction of sp³-hybridized carbons (Fsp3) is 0.250. The van der Waals surface area contributed by atoms with E-state index < -0.39 is 0 Å². The van der Waals surface area contributed by atoms with Gasteiger partial charge in [0.15, 0.2) is 0 Å². The van der Waals surface area contributed by atoms with Gasteiger partial charge < -0.3 is 5.73 Å². The largest absolute Gasteiger partial charge is 0.382 e. The van der Waals surface area contributed by atoms with E-state index in [0.29, 0.717) is 5.82 Å². The maximum absolute atomic E-state index is 6.00. The van der Waals surface area contributed by atoms with E-state index in [1.807, 2.05) is 25.1 Å². The quantitative estimate of drug-likeness (QED) is 0.840. The van der Waals surface area contributed by atoms with Gasteiger partial charge in [-0.2, -0.15) is 5.10 Å². The molecule has 3 N–H and O–H groups in total. The Morgan fingerprint density at radius 3 is 2.81 bits per heavy atom. The molecular formula is C12H14ClN3. The molecule has 0 fully saturated rings. The molecule has 1 aromatic heterocycles. The molecule has 2 aromatic rings. The zero-order chi connectivity index (χ0) is 11.7. The number of benzene rings is 1. The van der Waals surface area contributed by atoms with Crippen molar-refractivity contribution in [2.24, 2.45) is 0 Å². The van der Waals surface area contributed by atoms with E-state index in [4.69, 9.17) is 17.3 Å². The number of nitrogens with one attached hydrogen (secondary N) is 1. The second kappa shape index (κ2) is 4.18. The Bertz CT molecular complexity index is 517. The van der Waals surface area contributed by atoms with E-state index in [9.17, 15) is 0 Å². The summed E-state index contributed by atoms with van der Waals surface area (Å²) in [6.07, 6.45) is 0.860. The first-order chi connectivity index (χ1) is 7.63. The summed E-state index contributed by atoms with van der Waals surface area (Å²) in [6.45, 7) is 4.05. The van der Waals surface area contributed by atoms with Crippen LogP contribution in [0.1, 0.15) is 18.1 Å². The van der Waals surface area contributed by atoms with Crippen LogP contribution < -0.4 is 5.73 Å². The van der Waals surface area contributed by atoms with E-state index in [1.165, 1.54) is 0 Å². The Morgan fingerprint density at radius 2 is 2.19 bits per heavy atom. The number of nitrogen functional groups attached to an aromatic ring is 1. The molecule has 16 heavy (non-hydrogen) atoms. The Balaban J connectivity index is 2.54. The molecule has 4 heteroatoms. The van der Waals surface area contributed by atoms with E-state index in [2.05, 4.69) is 17.1 Å². The first-order valence-corrected chi connectivity index (χ1v) is 5.60. The summed E-state index contributed by atoms with van der Waals surface area (Å²) in [6, 6.07) is 5.90.